The first-order chi connectivity index (χ1) is 12.9. The Morgan fingerprint density at radius 1 is 0.929 bits per heavy atom. The van der Waals surface area contributed by atoms with Gasteiger partial charge in [0.2, 0.25) is 34.8 Å². The van der Waals surface area contributed by atoms with E-state index in [2.05, 4.69) is 4.52 Å². The summed E-state index contributed by atoms with van der Waals surface area (Å²) in [4.78, 5) is 11.3. The van der Waals surface area contributed by atoms with E-state index < -0.39 is 54.1 Å². The summed E-state index contributed by atoms with van der Waals surface area (Å²) in [7, 11) is -5.01. The molecule has 1 unspecified atom stereocenters. The average molecular weight is 425 g/mol. The van der Waals surface area contributed by atoms with Crippen molar-refractivity contribution in [1.82, 2.24) is 5.09 Å². The van der Waals surface area contributed by atoms with Crippen LogP contribution in [-0.4, -0.2) is 16.6 Å². The number of benzene rings is 2. The quantitative estimate of drug-likeness (QED) is 0.296. The number of hydrogen-bond acceptors (Lipinski definition) is 4. The fourth-order valence-corrected chi connectivity index (χ4v) is 3.57. The van der Waals surface area contributed by atoms with E-state index in [1.807, 2.05) is 5.09 Å². The van der Waals surface area contributed by atoms with Crippen molar-refractivity contribution >= 4 is 13.7 Å². The normalized spacial score (nSPS) is 13.7. The second-order valence-corrected chi connectivity index (χ2v) is 7.52. The monoisotopic (exact) mass is 425 g/mol. The molecule has 0 aromatic heterocycles. The van der Waals surface area contributed by atoms with Gasteiger partial charge in [-0.25, -0.2) is 17.7 Å². The summed E-state index contributed by atoms with van der Waals surface area (Å²) in [5.74, 6) is -15.6. The van der Waals surface area contributed by atoms with Crippen LogP contribution in [0.5, 0.6) is 11.5 Å². The van der Waals surface area contributed by atoms with E-state index in [1.54, 1.807) is 0 Å². The first-order valence-corrected chi connectivity index (χ1v) is 9.01. The van der Waals surface area contributed by atoms with Crippen molar-refractivity contribution in [1.29, 1.82) is 0 Å². The summed E-state index contributed by atoms with van der Waals surface area (Å²) < 4.78 is 90.3. The Bertz CT molecular complexity index is 925. The number of carboxylic acids is 1. The lowest BCUT2D eigenvalue weighted by molar-refractivity contribution is -0.142. The Hall–Kier alpha value is -2.65. The summed E-state index contributed by atoms with van der Waals surface area (Å²) in [6, 6.07) is 6.85. The Morgan fingerprint density at radius 3 is 1.86 bits per heavy atom. The van der Waals surface area contributed by atoms with Crippen LogP contribution < -0.4 is 14.1 Å². The Kier molecular flexibility index (Phi) is 6.00. The SMILES string of the molecule is CC(C)(NP(=O)(Oc1ccccc1)Oc1c(F)c(F)c(F)c(F)c1F)C(=O)O. The van der Waals surface area contributed by atoms with Gasteiger partial charge in [-0.3, -0.25) is 4.79 Å². The number of halogens is 5. The van der Waals surface area contributed by atoms with Gasteiger partial charge in [0.25, 0.3) is 0 Å². The fourth-order valence-electron chi connectivity index (χ4n) is 1.86. The maximum atomic E-state index is 13.9. The van der Waals surface area contributed by atoms with E-state index >= 15 is 0 Å². The topological polar surface area (TPSA) is 84.9 Å². The number of carboxylic acid groups (broad SMARTS) is 1. The highest BCUT2D eigenvalue weighted by Crippen LogP contribution is 2.48. The van der Waals surface area contributed by atoms with Crippen molar-refractivity contribution in [3.63, 3.8) is 0 Å². The Balaban J connectivity index is 2.55. The molecule has 0 aliphatic rings. The van der Waals surface area contributed by atoms with Crippen molar-refractivity contribution in [2.24, 2.45) is 0 Å². The van der Waals surface area contributed by atoms with Crippen LogP contribution in [0.1, 0.15) is 13.8 Å². The number of rotatable bonds is 7. The third-order valence-electron chi connectivity index (χ3n) is 3.30. The van der Waals surface area contributed by atoms with E-state index in [4.69, 9.17) is 9.63 Å². The van der Waals surface area contributed by atoms with Crippen LogP contribution >= 0.6 is 7.75 Å². The van der Waals surface area contributed by atoms with Crippen LogP contribution in [0.2, 0.25) is 0 Å². The molecule has 0 heterocycles. The Morgan fingerprint density at radius 2 is 1.39 bits per heavy atom. The van der Waals surface area contributed by atoms with Gasteiger partial charge in [-0.05, 0) is 26.0 Å². The summed E-state index contributed by atoms with van der Waals surface area (Å²) in [6.45, 7) is 2.02. The summed E-state index contributed by atoms with van der Waals surface area (Å²) in [5.41, 5.74) is -2.03. The van der Waals surface area contributed by atoms with Crippen LogP contribution in [0.15, 0.2) is 30.3 Å². The molecule has 2 N–H and O–H groups in total. The molecule has 2 rings (SSSR count). The van der Waals surface area contributed by atoms with E-state index in [1.165, 1.54) is 30.3 Å². The predicted octanol–water partition coefficient (Wildman–Crippen LogP) is 4.40. The molecule has 0 bridgehead atoms. The lowest BCUT2D eigenvalue weighted by Crippen LogP contribution is -2.46. The molecular weight excluding hydrogens is 412 g/mol. The maximum Gasteiger partial charge on any atom is 0.514 e. The van der Waals surface area contributed by atoms with Crippen molar-refractivity contribution in [3.8, 4) is 11.5 Å². The van der Waals surface area contributed by atoms with E-state index in [0.717, 1.165) is 13.8 Å². The highest BCUT2D eigenvalue weighted by atomic mass is 31.2. The summed E-state index contributed by atoms with van der Waals surface area (Å²) in [5, 5.41) is 11.1. The second kappa shape index (κ2) is 7.76. The molecule has 6 nitrogen and oxygen atoms in total. The highest BCUT2D eigenvalue weighted by Gasteiger charge is 2.42. The van der Waals surface area contributed by atoms with Crippen LogP contribution in [0.3, 0.4) is 0 Å². The fraction of sp³-hybridized carbons (Fsp3) is 0.188. The Labute approximate surface area is 155 Å². The standard InChI is InChI=1S/C16H13F5NO5P/c1-16(2,15(23)24)22-28(25,26-8-6-4-3-5-7-8)27-14-12(20)10(18)9(17)11(19)13(14)21/h3-7H,1-2H3,(H,22,25)(H,23,24). The number of nitrogens with one attached hydrogen (secondary N) is 1. The lowest BCUT2D eigenvalue weighted by atomic mass is 10.1. The molecule has 0 saturated heterocycles. The van der Waals surface area contributed by atoms with E-state index in [9.17, 15) is 31.3 Å². The molecule has 28 heavy (non-hydrogen) atoms. The third kappa shape index (κ3) is 4.42. The zero-order valence-electron chi connectivity index (χ0n) is 14.3. The maximum absolute atomic E-state index is 13.9. The number of hydrogen-bond donors (Lipinski definition) is 2. The van der Waals surface area contributed by atoms with Gasteiger partial charge in [0.1, 0.15) is 11.3 Å². The number of carbonyl (C=O) groups is 1. The second-order valence-electron chi connectivity index (χ2n) is 5.93. The van der Waals surface area contributed by atoms with Crippen LogP contribution in [0, 0.1) is 29.1 Å². The van der Waals surface area contributed by atoms with Crippen LogP contribution in [-0.2, 0) is 9.36 Å². The third-order valence-corrected chi connectivity index (χ3v) is 5.01. The minimum atomic E-state index is -5.01. The van der Waals surface area contributed by atoms with Gasteiger partial charge in [0.15, 0.2) is 0 Å². The first-order valence-electron chi connectivity index (χ1n) is 7.46. The number of para-hydroxylation sites is 1. The smallest absolute Gasteiger partial charge is 0.480 e. The molecule has 0 radical (unpaired) electrons. The molecule has 2 aromatic rings. The van der Waals surface area contributed by atoms with Crippen molar-refractivity contribution in [2.75, 3.05) is 0 Å². The largest absolute Gasteiger partial charge is 0.514 e. The van der Waals surface area contributed by atoms with Crippen molar-refractivity contribution in [2.45, 2.75) is 19.4 Å². The minimum absolute atomic E-state index is 0.191. The van der Waals surface area contributed by atoms with Crippen molar-refractivity contribution < 1.29 is 45.5 Å². The summed E-state index contributed by atoms with van der Waals surface area (Å²) >= 11 is 0. The molecule has 152 valence electrons. The molecular formula is C16H13F5NO5P. The van der Waals surface area contributed by atoms with E-state index in [0.29, 0.717) is 0 Å². The highest BCUT2D eigenvalue weighted by molar-refractivity contribution is 7.52. The van der Waals surface area contributed by atoms with Crippen molar-refractivity contribution in [3.05, 3.63) is 59.4 Å². The molecule has 12 heteroatoms. The molecule has 0 saturated carbocycles. The van der Waals surface area contributed by atoms with Gasteiger partial charge in [0.05, 0.1) is 0 Å². The van der Waals surface area contributed by atoms with Gasteiger partial charge < -0.3 is 14.2 Å². The van der Waals surface area contributed by atoms with Gasteiger partial charge >= 0.3 is 13.7 Å². The molecule has 1 atom stereocenters. The van der Waals surface area contributed by atoms with Gasteiger partial charge in [-0.2, -0.15) is 13.9 Å². The zero-order valence-corrected chi connectivity index (χ0v) is 15.2. The predicted molar refractivity (Wildman–Crippen MR) is 86.4 cm³/mol. The minimum Gasteiger partial charge on any atom is -0.480 e. The summed E-state index contributed by atoms with van der Waals surface area (Å²) in [6.07, 6.45) is 0. The number of aliphatic carboxylic acids is 1. The molecule has 0 amide bonds. The van der Waals surface area contributed by atoms with Crippen LogP contribution in [0.4, 0.5) is 22.0 Å². The van der Waals surface area contributed by atoms with Gasteiger partial charge in [0, 0.05) is 0 Å². The molecule has 0 aliphatic carbocycles. The molecule has 0 fully saturated rings. The molecule has 2 aromatic carbocycles. The average Bonchev–Trinajstić information content (AvgIpc) is 2.62. The van der Waals surface area contributed by atoms with Gasteiger partial charge in [-0.1, -0.05) is 18.2 Å². The first kappa shape index (κ1) is 21.6. The van der Waals surface area contributed by atoms with E-state index in [-0.39, 0.29) is 5.75 Å². The van der Waals surface area contributed by atoms with Crippen LogP contribution in [0.25, 0.3) is 0 Å². The zero-order chi connectivity index (χ0) is 21.3. The molecule has 0 aliphatic heterocycles. The molecule has 0 spiro atoms. The van der Waals surface area contributed by atoms with Gasteiger partial charge in [-0.15, -0.1) is 0 Å². The lowest BCUT2D eigenvalue weighted by Gasteiger charge is -2.27.